The summed E-state index contributed by atoms with van der Waals surface area (Å²) in [5.41, 5.74) is 1.12. The van der Waals surface area contributed by atoms with E-state index in [1.807, 2.05) is 41.8 Å². The van der Waals surface area contributed by atoms with Crippen LogP contribution in [0, 0.1) is 0 Å². The zero-order valence-corrected chi connectivity index (χ0v) is 10.9. The van der Waals surface area contributed by atoms with Crippen LogP contribution in [-0.2, 0) is 10.5 Å². The minimum Gasteiger partial charge on any atom is -0.344 e. The number of benzene rings is 1. The van der Waals surface area contributed by atoms with Crippen LogP contribution < -0.4 is 5.32 Å². The number of amides is 2. The highest BCUT2D eigenvalue weighted by atomic mass is 32.1. The van der Waals surface area contributed by atoms with E-state index < -0.39 is 5.72 Å². The molecule has 4 nitrogen and oxygen atoms in total. The van der Waals surface area contributed by atoms with Crippen molar-refractivity contribution in [1.29, 1.82) is 0 Å². The fourth-order valence-electron chi connectivity index (χ4n) is 2.84. The molecule has 1 N–H and O–H groups in total. The standard InChI is InChI=1S/C14H12N2O2S/c17-13-15-11-6-9-19-12(11)14(16(13)7-8-18-14)10-4-2-1-3-5-10/h1-6,9H,7-8H2,(H,15,17). The van der Waals surface area contributed by atoms with Crippen molar-refractivity contribution in [2.24, 2.45) is 0 Å². The van der Waals surface area contributed by atoms with Gasteiger partial charge >= 0.3 is 6.03 Å². The second-order valence-electron chi connectivity index (χ2n) is 4.60. The molecular formula is C14H12N2O2S. The first-order valence-electron chi connectivity index (χ1n) is 6.18. The number of hydrogen-bond donors (Lipinski definition) is 1. The molecule has 0 bridgehead atoms. The number of nitrogens with one attached hydrogen (secondary N) is 1. The number of carbonyl (C=O) groups is 1. The van der Waals surface area contributed by atoms with Gasteiger partial charge in [-0.05, 0) is 11.4 Å². The van der Waals surface area contributed by atoms with Crippen LogP contribution in [0.25, 0.3) is 0 Å². The monoisotopic (exact) mass is 272 g/mol. The zero-order valence-electron chi connectivity index (χ0n) is 10.1. The number of anilines is 1. The van der Waals surface area contributed by atoms with E-state index in [4.69, 9.17) is 4.74 Å². The van der Waals surface area contributed by atoms with Gasteiger partial charge in [0.2, 0.25) is 5.72 Å². The van der Waals surface area contributed by atoms with Gasteiger partial charge in [0.1, 0.15) is 0 Å². The number of fused-ring (bicyclic) bond motifs is 3. The van der Waals surface area contributed by atoms with Crippen LogP contribution >= 0.6 is 11.3 Å². The maximum Gasteiger partial charge on any atom is 0.324 e. The van der Waals surface area contributed by atoms with Gasteiger partial charge in [0.05, 0.1) is 17.2 Å². The van der Waals surface area contributed by atoms with Crippen LogP contribution in [0.1, 0.15) is 10.4 Å². The number of hydrogen-bond acceptors (Lipinski definition) is 3. The Morgan fingerprint density at radius 3 is 2.95 bits per heavy atom. The van der Waals surface area contributed by atoms with E-state index in [0.29, 0.717) is 13.2 Å². The number of urea groups is 1. The Kier molecular flexibility index (Phi) is 2.22. The molecule has 1 fully saturated rings. The SMILES string of the molecule is O=C1Nc2ccsc2C2(c3ccccc3)OCCN12. The molecule has 0 radical (unpaired) electrons. The van der Waals surface area contributed by atoms with Gasteiger partial charge in [0.25, 0.3) is 0 Å². The van der Waals surface area contributed by atoms with Gasteiger partial charge in [0, 0.05) is 12.1 Å². The summed E-state index contributed by atoms with van der Waals surface area (Å²) in [5, 5.41) is 4.91. The Labute approximate surface area is 114 Å². The lowest BCUT2D eigenvalue weighted by Crippen LogP contribution is -2.51. The third-order valence-corrected chi connectivity index (χ3v) is 4.64. The molecule has 19 heavy (non-hydrogen) atoms. The predicted octanol–water partition coefficient (Wildman–Crippen LogP) is 2.83. The molecule has 2 amide bonds. The van der Waals surface area contributed by atoms with Gasteiger partial charge in [-0.3, -0.25) is 4.90 Å². The van der Waals surface area contributed by atoms with Crippen molar-refractivity contribution >= 4 is 23.1 Å². The van der Waals surface area contributed by atoms with Crippen molar-refractivity contribution in [3.05, 3.63) is 52.2 Å². The molecule has 2 aromatic rings. The first-order valence-corrected chi connectivity index (χ1v) is 7.06. The molecule has 2 aliphatic heterocycles. The summed E-state index contributed by atoms with van der Waals surface area (Å²) in [7, 11) is 0. The molecule has 4 rings (SSSR count). The van der Waals surface area contributed by atoms with Crippen LogP contribution in [0.4, 0.5) is 10.5 Å². The van der Waals surface area contributed by atoms with E-state index in [0.717, 1.165) is 16.1 Å². The van der Waals surface area contributed by atoms with Crippen LogP contribution in [0.2, 0.25) is 0 Å². The third kappa shape index (κ3) is 1.34. The molecule has 96 valence electrons. The fraction of sp³-hybridized carbons (Fsp3) is 0.214. The minimum absolute atomic E-state index is 0.0905. The van der Waals surface area contributed by atoms with Crippen molar-refractivity contribution in [2.45, 2.75) is 5.72 Å². The van der Waals surface area contributed by atoms with Gasteiger partial charge in [-0.15, -0.1) is 11.3 Å². The molecule has 1 saturated heterocycles. The van der Waals surface area contributed by atoms with Crippen molar-refractivity contribution < 1.29 is 9.53 Å². The predicted molar refractivity (Wildman–Crippen MR) is 73.2 cm³/mol. The molecule has 2 aliphatic rings. The lowest BCUT2D eigenvalue weighted by atomic mass is 9.97. The topological polar surface area (TPSA) is 41.6 Å². The lowest BCUT2D eigenvalue weighted by Gasteiger charge is -2.40. The second kappa shape index (κ2) is 3.82. The van der Waals surface area contributed by atoms with Crippen molar-refractivity contribution in [1.82, 2.24) is 4.90 Å². The molecule has 5 heteroatoms. The van der Waals surface area contributed by atoms with Crippen LogP contribution in [0.5, 0.6) is 0 Å². The average molecular weight is 272 g/mol. The largest absolute Gasteiger partial charge is 0.344 e. The van der Waals surface area contributed by atoms with Gasteiger partial charge in [-0.2, -0.15) is 0 Å². The summed E-state index contributed by atoms with van der Waals surface area (Å²) in [4.78, 5) is 15.1. The first-order chi connectivity index (χ1) is 9.32. The van der Waals surface area contributed by atoms with Gasteiger partial charge in [-0.25, -0.2) is 4.79 Å². The van der Waals surface area contributed by atoms with Crippen molar-refractivity contribution in [3.63, 3.8) is 0 Å². The van der Waals surface area contributed by atoms with Crippen LogP contribution in [0.3, 0.4) is 0 Å². The Morgan fingerprint density at radius 1 is 1.26 bits per heavy atom. The maximum absolute atomic E-state index is 12.3. The van der Waals surface area contributed by atoms with Gasteiger partial charge in [-0.1, -0.05) is 30.3 Å². The van der Waals surface area contributed by atoms with Crippen molar-refractivity contribution in [3.8, 4) is 0 Å². The number of nitrogens with zero attached hydrogens (tertiary/aromatic N) is 1. The van der Waals surface area contributed by atoms with E-state index in [9.17, 15) is 4.79 Å². The molecule has 0 spiro atoms. The first kappa shape index (κ1) is 11.0. The average Bonchev–Trinajstić information content (AvgIpc) is 3.06. The highest BCUT2D eigenvalue weighted by molar-refractivity contribution is 7.10. The van der Waals surface area contributed by atoms with E-state index in [1.54, 1.807) is 16.2 Å². The smallest absolute Gasteiger partial charge is 0.324 e. The molecular weight excluding hydrogens is 260 g/mol. The molecule has 1 aromatic heterocycles. The van der Waals surface area contributed by atoms with Crippen LogP contribution in [0.15, 0.2) is 41.8 Å². The molecule has 0 aliphatic carbocycles. The van der Waals surface area contributed by atoms with Gasteiger partial charge < -0.3 is 10.1 Å². The van der Waals surface area contributed by atoms with Crippen molar-refractivity contribution in [2.75, 3.05) is 18.5 Å². The van der Waals surface area contributed by atoms with E-state index in [2.05, 4.69) is 5.32 Å². The summed E-state index contributed by atoms with van der Waals surface area (Å²) < 4.78 is 6.06. The minimum atomic E-state index is -0.743. The maximum atomic E-state index is 12.3. The summed E-state index contributed by atoms with van der Waals surface area (Å²) in [6.45, 7) is 1.16. The molecule has 0 saturated carbocycles. The molecule has 1 unspecified atom stereocenters. The molecule has 1 atom stereocenters. The molecule has 1 aromatic carbocycles. The fourth-order valence-corrected chi connectivity index (χ4v) is 3.87. The van der Waals surface area contributed by atoms with Gasteiger partial charge in [0.15, 0.2) is 0 Å². The molecule has 3 heterocycles. The van der Waals surface area contributed by atoms with E-state index >= 15 is 0 Å². The Morgan fingerprint density at radius 2 is 2.11 bits per heavy atom. The highest BCUT2D eigenvalue weighted by Crippen LogP contribution is 2.48. The number of carbonyl (C=O) groups excluding carboxylic acids is 1. The van der Waals surface area contributed by atoms with E-state index in [-0.39, 0.29) is 6.03 Å². The lowest BCUT2D eigenvalue weighted by molar-refractivity contribution is -0.0294. The van der Waals surface area contributed by atoms with E-state index in [1.165, 1.54) is 0 Å². The normalized spacial score (nSPS) is 24.8. The summed E-state index contributed by atoms with van der Waals surface area (Å²) >= 11 is 1.62. The second-order valence-corrected chi connectivity index (χ2v) is 5.52. The van der Waals surface area contributed by atoms with Crippen LogP contribution in [-0.4, -0.2) is 24.1 Å². The Bertz CT molecular complexity index is 640. The summed E-state index contributed by atoms with van der Waals surface area (Å²) in [6, 6.07) is 11.8. The summed E-state index contributed by atoms with van der Waals surface area (Å²) in [6.07, 6.45) is 0. The third-order valence-electron chi connectivity index (χ3n) is 3.63. The number of ether oxygens (including phenoxy) is 1. The Hall–Kier alpha value is -1.85. The quantitative estimate of drug-likeness (QED) is 0.867. The Balaban J connectivity index is 2.00. The zero-order chi connectivity index (χ0) is 12.9. The summed E-state index contributed by atoms with van der Waals surface area (Å²) in [5.74, 6) is 0. The number of rotatable bonds is 1. The number of thiophene rings is 1. The highest BCUT2D eigenvalue weighted by Gasteiger charge is 2.53.